The van der Waals surface area contributed by atoms with Crippen LogP contribution in [-0.2, 0) is 9.84 Å². The number of carbonyl (C=O) groups is 1. The predicted octanol–water partition coefficient (Wildman–Crippen LogP) is 1.91. The fourth-order valence-electron chi connectivity index (χ4n) is 2.43. The van der Waals surface area contributed by atoms with E-state index in [1.165, 1.54) is 6.07 Å². The van der Waals surface area contributed by atoms with Crippen molar-refractivity contribution >= 4 is 15.7 Å². The van der Waals surface area contributed by atoms with Crippen LogP contribution in [0.25, 0.3) is 0 Å². The average molecular weight is 317 g/mol. The van der Waals surface area contributed by atoms with Crippen molar-refractivity contribution < 1.29 is 22.0 Å². The van der Waals surface area contributed by atoms with E-state index in [-0.39, 0.29) is 23.0 Å². The first-order valence-electron chi connectivity index (χ1n) is 6.81. The third-order valence-electron chi connectivity index (χ3n) is 3.58. The second kappa shape index (κ2) is 6.51. The summed E-state index contributed by atoms with van der Waals surface area (Å²) in [5.41, 5.74) is 0.0670. The molecule has 1 aromatic carbocycles. The molecule has 116 valence electrons. The second-order valence-electron chi connectivity index (χ2n) is 5.30. The fraction of sp³-hybridized carbons (Fsp3) is 0.500. The Morgan fingerprint density at radius 3 is 2.67 bits per heavy atom. The Hall–Kier alpha value is -1.50. The Morgan fingerprint density at radius 2 is 2.05 bits per heavy atom. The van der Waals surface area contributed by atoms with Crippen LogP contribution in [0.5, 0.6) is 0 Å². The van der Waals surface area contributed by atoms with Gasteiger partial charge in [0.25, 0.3) is 5.91 Å². The van der Waals surface area contributed by atoms with Gasteiger partial charge in [0.15, 0.2) is 21.5 Å². The fourth-order valence-corrected chi connectivity index (χ4v) is 4.34. The van der Waals surface area contributed by atoms with Crippen LogP contribution >= 0.6 is 0 Å². The van der Waals surface area contributed by atoms with Crippen molar-refractivity contribution in [3.8, 4) is 0 Å². The number of amides is 1. The van der Waals surface area contributed by atoms with E-state index in [1.54, 1.807) is 0 Å². The van der Waals surface area contributed by atoms with E-state index in [4.69, 9.17) is 0 Å². The summed E-state index contributed by atoms with van der Waals surface area (Å²) in [6.45, 7) is 0.383. The molecule has 1 atom stereocenters. The van der Waals surface area contributed by atoms with Crippen LogP contribution in [0.2, 0.25) is 0 Å². The lowest BCUT2D eigenvalue weighted by Gasteiger charge is -2.08. The van der Waals surface area contributed by atoms with Gasteiger partial charge in [0, 0.05) is 12.1 Å². The first-order chi connectivity index (χ1) is 9.87. The van der Waals surface area contributed by atoms with E-state index >= 15 is 0 Å². The molecule has 0 radical (unpaired) electrons. The molecule has 1 heterocycles. The third-order valence-corrected chi connectivity index (χ3v) is 5.42. The van der Waals surface area contributed by atoms with Crippen molar-refractivity contribution in [1.29, 1.82) is 0 Å². The van der Waals surface area contributed by atoms with Crippen molar-refractivity contribution in [3.63, 3.8) is 0 Å². The van der Waals surface area contributed by atoms with Crippen molar-refractivity contribution in [1.82, 2.24) is 5.32 Å². The molecular formula is C14H17F2NO3S. The van der Waals surface area contributed by atoms with Crippen LogP contribution in [0.1, 0.15) is 29.6 Å². The monoisotopic (exact) mass is 317 g/mol. The van der Waals surface area contributed by atoms with Gasteiger partial charge in [-0.05, 0) is 43.4 Å². The number of sulfone groups is 1. The molecule has 0 aliphatic carbocycles. The van der Waals surface area contributed by atoms with Gasteiger partial charge >= 0.3 is 0 Å². The van der Waals surface area contributed by atoms with Crippen LogP contribution < -0.4 is 5.32 Å². The summed E-state index contributed by atoms with van der Waals surface area (Å²) in [6, 6.07) is 2.99. The number of rotatable bonds is 5. The largest absolute Gasteiger partial charge is 0.352 e. The van der Waals surface area contributed by atoms with Crippen LogP contribution in [0, 0.1) is 17.6 Å². The number of halogens is 2. The van der Waals surface area contributed by atoms with E-state index in [1.807, 2.05) is 0 Å². The molecule has 0 aromatic heterocycles. The van der Waals surface area contributed by atoms with Gasteiger partial charge in [0.1, 0.15) is 0 Å². The molecule has 1 saturated heterocycles. The molecule has 0 bridgehead atoms. The van der Waals surface area contributed by atoms with E-state index < -0.39 is 27.4 Å². The van der Waals surface area contributed by atoms with Gasteiger partial charge in [0.2, 0.25) is 0 Å². The van der Waals surface area contributed by atoms with Gasteiger partial charge in [-0.2, -0.15) is 0 Å². The van der Waals surface area contributed by atoms with Crippen LogP contribution in [0.4, 0.5) is 8.78 Å². The van der Waals surface area contributed by atoms with E-state index in [2.05, 4.69) is 5.32 Å². The van der Waals surface area contributed by atoms with Crippen molar-refractivity contribution in [3.05, 3.63) is 35.4 Å². The first kappa shape index (κ1) is 15.9. The topological polar surface area (TPSA) is 63.2 Å². The molecule has 1 unspecified atom stereocenters. The minimum atomic E-state index is -2.87. The van der Waals surface area contributed by atoms with Crippen molar-refractivity contribution in [2.24, 2.45) is 5.92 Å². The number of hydrogen-bond donors (Lipinski definition) is 1. The van der Waals surface area contributed by atoms with Crippen LogP contribution in [0.15, 0.2) is 18.2 Å². The molecule has 1 aliphatic heterocycles. The Balaban J connectivity index is 1.73. The lowest BCUT2D eigenvalue weighted by Crippen LogP contribution is -2.25. The molecule has 0 spiro atoms. The Kier molecular flexibility index (Phi) is 4.92. The van der Waals surface area contributed by atoms with Crippen LogP contribution in [0.3, 0.4) is 0 Å². The predicted molar refractivity (Wildman–Crippen MR) is 74.7 cm³/mol. The van der Waals surface area contributed by atoms with Gasteiger partial charge in [-0.3, -0.25) is 4.79 Å². The molecular weight excluding hydrogens is 300 g/mol. The summed E-state index contributed by atoms with van der Waals surface area (Å²) in [4.78, 5) is 11.7. The molecule has 1 aromatic rings. The quantitative estimate of drug-likeness (QED) is 0.844. The smallest absolute Gasteiger partial charge is 0.251 e. The lowest BCUT2D eigenvalue weighted by atomic mass is 10.0. The van der Waals surface area contributed by atoms with Crippen molar-refractivity contribution in [2.75, 3.05) is 18.1 Å². The standard InChI is InChI=1S/C14H17F2NO3S/c15-12-4-3-11(8-13(12)16)14(18)17-6-1-2-10-5-7-21(19,20)9-10/h3-4,8,10H,1-2,5-7,9H2,(H,17,18). The van der Waals surface area contributed by atoms with Crippen LogP contribution in [-0.4, -0.2) is 32.4 Å². The summed E-state index contributed by atoms with van der Waals surface area (Å²) in [5.74, 6) is -1.88. The average Bonchev–Trinajstić information content (AvgIpc) is 2.77. The summed E-state index contributed by atoms with van der Waals surface area (Å²) in [5, 5.41) is 2.61. The highest BCUT2D eigenvalue weighted by atomic mass is 32.2. The molecule has 7 heteroatoms. The van der Waals surface area contributed by atoms with Gasteiger partial charge < -0.3 is 5.32 Å². The summed E-state index contributed by atoms with van der Waals surface area (Å²) >= 11 is 0. The highest BCUT2D eigenvalue weighted by molar-refractivity contribution is 7.91. The Labute approximate surface area is 122 Å². The van der Waals surface area contributed by atoms with E-state index in [9.17, 15) is 22.0 Å². The maximum atomic E-state index is 13.0. The molecule has 1 aliphatic rings. The normalized spacial score (nSPS) is 20.4. The van der Waals surface area contributed by atoms with Gasteiger partial charge in [-0.25, -0.2) is 17.2 Å². The zero-order chi connectivity index (χ0) is 15.5. The first-order valence-corrected chi connectivity index (χ1v) is 8.63. The molecule has 21 heavy (non-hydrogen) atoms. The van der Waals surface area contributed by atoms with Gasteiger partial charge in [0.05, 0.1) is 11.5 Å². The molecule has 4 nitrogen and oxygen atoms in total. The van der Waals surface area contributed by atoms with Crippen molar-refractivity contribution in [2.45, 2.75) is 19.3 Å². The number of hydrogen-bond acceptors (Lipinski definition) is 3. The number of nitrogens with one attached hydrogen (secondary N) is 1. The number of benzene rings is 1. The molecule has 0 saturated carbocycles. The maximum Gasteiger partial charge on any atom is 0.251 e. The Bertz CT molecular complexity index is 631. The highest BCUT2D eigenvalue weighted by Crippen LogP contribution is 2.22. The zero-order valence-electron chi connectivity index (χ0n) is 11.4. The summed E-state index contributed by atoms with van der Waals surface area (Å²) in [6.07, 6.45) is 2.08. The molecule has 1 amide bonds. The second-order valence-corrected chi connectivity index (χ2v) is 7.52. The SMILES string of the molecule is O=C(NCCCC1CCS(=O)(=O)C1)c1ccc(F)c(F)c1. The minimum Gasteiger partial charge on any atom is -0.352 e. The third kappa shape index (κ3) is 4.49. The zero-order valence-corrected chi connectivity index (χ0v) is 12.3. The number of carbonyl (C=O) groups excluding carboxylic acids is 1. The summed E-state index contributed by atoms with van der Waals surface area (Å²) < 4.78 is 48.3. The van der Waals surface area contributed by atoms with E-state index in [0.29, 0.717) is 19.4 Å². The van der Waals surface area contributed by atoms with E-state index in [0.717, 1.165) is 18.6 Å². The summed E-state index contributed by atoms with van der Waals surface area (Å²) in [7, 11) is -2.87. The van der Waals surface area contributed by atoms with Gasteiger partial charge in [-0.15, -0.1) is 0 Å². The highest BCUT2D eigenvalue weighted by Gasteiger charge is 2.27. The molecule has 1 N–H and O–H groups in total. The Morgan fingerprint density at radius 1 is 1.29 bits per heavy atom. The molecule has 2 rings (SSSR count). The van der Waals surface area contributed by atoms with Gasteiger partial charge in [-0.1, -0.05) is 0 Å². The minimum absolute atomic E-state index is 0.0670. The molecule has 1 fully saturated rings. The lowest BCUT2D eigenvalue weighted by molar-refractivity contribution is 0.0952. The maximum absolute atomic E-state index is 13.0.